The molecule has 0 bridgehead atoms. The van der Waals surface area contributed by atoms with Gasteiger partial charge in [-0.2, -0.15) is 0 Å². The Morgan fingerprint density at radius 3 is 2.82 bits per heavy atom. The van der Waals surface area contributed by atoms with Gasteiger partial charge in [-0.1, -0.05) is 0 Å². The fraction of sp³-hybridized carbons (Fsp3) is 0.667. The number of likely N-dealkylation sites (tertiary alicyclic amines) is 1. The average Bonchev–Trinajstić information content (AvgIpc) is 3.11. The number of carbonyl (C=O) groups excluding carboxylic acids is 2. The maximum atomic E-state index is 12.6. The van der Waals surface area contributed by atoms with Crippen LogP contribution >= 0.6 is 0 Å². The number of imidazole rings is 1. The van der Waals surface area contributed by atoms with Crippen LogP contribution in [0.5, 0.6) is 0 Å². The number of amides is 3. The standard InChI is InChI=1S/C15H23N5O2/c1-4-19-8-6-16-12(19)9-18-7-5-15(10-18)13(21)20(11(2)3)14(22)17-15/h6,8,11H,4-5,7,9-10H2,1-3H3,(H,17,22)/t15-/m0/s1. The van der Waals surface area contributed by atoms with E-state index >= 15 is 0 Å². The number of hydrogen-bond donors (Lipinski definition) is 1. The Balaban J connectivity index is 1.72. The Morgan fingerprint density at radius 2 is 2.18 bits per heavy atom. The zero-order valence-electron chi connectivity index (χ0n) is 13.4. The molecule has 2 fully saturated rings. The Bertz CT molecular complexity index is 597. The first-order valence-corrected chi connectivity index (χ1v) is 7.85. The lowest BCUT2D eigenvalue weighted by atomic mass is 9.98. The van der Waals surface area contributed by atoms with Gasteiger partial charge in [0.1, 0.15) is 11.4 Å². The van der Waals surface area contributed by atoms with Crippen LogP contribution in [0.15, 0.2) is 12.4 Å². The Morgan fingerprint density at radius 1 is 1.41 bits per heavy atom. The molecule has 3 rings (SSSR count). The number of urea groups is 1. The van der Waals surface area contributed by atoms with Crippen molar-refractivity contribution in [3.8, 4) is 0 Å². The molecule has 0 unspecified atom stereocenters. The molecule has 0 saturated carbocycles. The molecule has 0 aliphatic carbocycles. The molecule has 1 N–H and O–H groups in total. The second-order valence-corrected chi connectivity index (χ2v) is 6.37. The van der Waals surface area contributed by atoms with Crippen LogP contribution in [0.2, 0.25) is 0 Å². The Kier molecular flexibility index (Phi) is 3.68. The quantitative estimate of drug-likeness (QED) is 0.836. The van der Waals surface area contributed by atoms with Crippen LogP contribution in [0.3, 0.4) is 0 Å². The zero-order chi connectivity index (χ0) is 15.9. The summed E-state index contributed by atoms with van der Waals surface area (Å²) in [4.78, 5) is 32.6. The highest BCUT2D eigenvalue weighted by Crippen LogP contribution is 2.30. The summed E-state index contributed by atoms with van der Waals surface area (Å²) in [6.07, 6.45) is 4.42. The van der Waals surface area contributed by atoms with E-state index in [2.05, 4.69) is 26.7 Å². The van der Waals surface area contributed by atoms with Crippen molar-refractivity contribution >= 4 is 11.9 Å². The normalized spacial score (nSPS) is 25.7. The molecule has 1 aromatic heterocycles. The van der Waals surface area contributed by atoms with Crippen molar-refractivity contribution < 1.29 is 9.59 Å². The van der Waals surface area contributed by atoms with E-state index in [1.165, 1.54) is 4.90 Å². The van der Waals surface area contributed by atoms with Crippen molar-refractivity contribution in [1.29, 1.82) is 0 Å². The van der Waals surface area contributed by atoms with E-state index in [1.54, 1.807) is 6.20 Å². The molecule has 22 heavy (non-hydrogen) atoms. The van der Waals surface area contributed by atoms with Crippen molar-refractivity contribution in [3.05, 3.63) is 18.2 Å². The van der Waals surface area contributed by atoms with Gasteiger partial charge in [0.25, 0.3) is 5.91 Å². The molecule has 1 spiro atoms. The molecule has 0 radical (unpaired) electrons. The van der Waals surface area contributed by atoms with Gasteiger partial charge in [0.05, 0.1) is 6.54 Å². The molecule has 3 heterocycles. The van der Waals surface area contributed by atoms with Crippen LogP contribution in [-0.4, -0.2) is 56.0 Å². The fourth-order valence-electron chi connectivity index (χ4n) is 3.39. The number of hydrogen-bond acceptors (Lipinski definition) is 4. The minimum absolute atomic E-state index is 0.0890. The van der Waals surface area contributed by atoms with Gasteiger partial charge >= 0.3 is 6.03 Å². The van der Waals surface area contributed by atoms with Gasteiger partial charge in [0.15, 0.2) is 0 Å². The predicted molar refractivity (Wildman–Crippen MR) is 81.0 cm³/mol. The number of nitrogens with one attached hydrogen (secondary N) is 1. The molecule has 0 aromatic carbocycles. The highest BCUT2D eigenvalue weighted by atomic mass is 16.2. The van der Waals surface area contributed by atoms with E-state index in [0.717, 1.165) is 18.9 Å². The lowest BCUT2D eigenvalue weighted by molar-refractivity contribution is -0.132. The van der Waals surface area contributed by atoms with Crippen LogP contribution in [0.25, 0.3) is 0 Å². The van der Waals surface area contributed by atoms with Gasteiger partial charge in [0, 0.05) is 38.1 Å². The third kappa shape index (κ3) is 2.29. The van der Waals surface area contributed by atoms with Crippen molar-refractivity contribution in [2.45, 2.75) is 51.9 Å². The fourth-order valence-corrected chi connectivity index (χ4v) is 3.39. The number of nitrogens with zero attached hydrogens (tertiary/aromatic N) is 4. The van der Waals surface area contributed by atoms with Gasteiger partial charge in [-0.25, -0.2) is 9.78 Å². The summed E-state index contributed by atoms with van der Waals surface area (Å²) >= 11 is 0. The van der Waals surface area contributed by atoms with Crippen LogP contribution in [0, 0.1) is 0 Å². The summed E-state index contributed by atoms with van der Waals surface area (Å²) in [7, 11) is 0. The Hall–Kier alpha value is -1.89. The summed E-state index contributed by atoms with van der Waals surface area (Å²) < 4.78 is 2.10. The summed E-state index contributed by atoms with van der Waals surface area (Å²) in [6.45, 7) is 8.73. The number of rotatable bonds is 4. The molecule has 1 aromatic rings. The summed E-state index contributed by atoms with van der Waals surface area (Å²) in [5.41, 5.74) is -0.745. The van der Waals surface area contributed by atoms with E-state index in [4.69, 9.17) is 0 Å². The van der Waals surface area contributed by atoms with Crippen molar-refractivity contribution in [2.75, 3.05) is 13.1 Å². The minimum atomic E-state index is -0.745. The average molecular weight is 305 g/mol. The molecule has 3 amide bonds. The predicted octanol–water partition coefficient (Wildman–Crippen LogP) is 0.808. The van der Waals surface area contributed by atoms with E-state index in [1.807, 2.05) is 20.0 Å². The third-order valence-corrected chi connectivity index (χ3v) is 4.57. The second-order valence-electron chi connectivity index (χ2n) is 6.37. The highest BCUT2D eigenvalue weighted by molar-refractivity contribution is 6.07. The van der Waals surface area contributed by atoms with Gasteiger partial charge in [-0.15, -0.1) is 0 Å². The Labute approximate surface area is 130 Å². The molecule has 2 aliphatic heterocycles. The number of carbonyl (C=O) groups is 2. The van der Waals surface area contributed by atoms with Gasteiger partial charge in [-0.05, 0) is 27.2 Å². The summed E-state index contributed by atoms with van der Waals surface area (Å²) in [5.74, 6) is 0.908. The van der Waals surface area contributed by atoms with E-state index in [0.29, 0.717) is 19.5 Å². The number of aryl methyl sites for hydroxylation is 1. The monoisotopic (exact) mass is 305 g/mol. The molecule has 1 atom stereocenters. The van der Waals surface area contributed by atoms with Crippen LogP contribution in [0.4, 0.5) is 4.79 Å². The van der Waals surface area contributed by atoms with Gasteiger partial charge < -0.3 is 9.88 Å². The van der Waals surface area contributed by atoms with E-state index in [9.17, 15) is 9.59 Å². The number of aromatic nitrogens is 2. The lowest BCUT2D eigenvalue weighted by Crippen LogP contribution is -2.49. The van der Waals surface area contributed by atoms with Gasteiger partial charge in [0.2, 0.25) is 0 Å². The lowest BCUT2D eigenvalue weighted by Gasteiger charge is -2.23. The van der Waals surface area contributed by atoms with Crippen molar-refractivity contribution in [2.24, 2.45) is 0 Å². The maximum Gasteiger partial charge on any atom is 0.325 e. The van der Waals surface area contributed by atoms with Gasteiger partial charge in [-0.3, -0.25) is 14.6 Å². The smallest absolute Gasteiger partial charge is 0.325 e. The van der Waals surface area contributed by atoms with Crippen LogP contribution < -0.4 is 5.32 Å². The topological polar surface area (TPSA) is 70.5 Å². The zero-order valence-corrected chi connectivity index (χ0v) is 13.4. The SMILES string of the molecule is CCn1ccnc1CN1CC[C@@]2(C1)NC(=O)N(C(C)C)C2=O. The molecule has 2 saturated heterocycles. The second kappa shape index (κ2) is 5.39. The first-order valence-electron chi connectivity index (χ1n) is 7.85. The highest BCUT2D eigenvalue weighted by Gasteiger charge is 2.55. The molecule has 7 heteroatoms. The minimum Gasteiger partial charge on any atom is -0.334 e. The molecular formula is C15H23N5O2. The number of imide groups is 1. The first-order chi connectivity index (χ1) is 10.5. The van der Waals surface area contributed by atoms with Crippen molar-refractivity contribution in [3.63, 3.8) is 0 Å². The van der Waals surface area contributed by atoms with Crippen LogP contribution in [-0.2, 0) is 17.9 Å². The molecular weight excluding hydrogens is 282 g/mol. The largest absolute Gasteiger partial charge is 0.334 e. The van der Waals surface area contributed by atoms with Crippen molar-refractivity contribution in [1.82, 2.24) is 24.7 Å². The first kappa shape index (κ1) is 15.0. The maximum absolute atomic E-state index is 12.6. The molecule has 2 aliphatic rings. The van der Waals surface area contributed by atoms with E-state index < -0.39 is 5.54 Å². The third-order valence-electron chi connectivity index (χ3n) is 4.57. The van der Waals surface area contributed by atoms with Crippen LogP contribution in [0.1, 0.15) is 33.0 Å². The summed E-state index contributed by atoms with van der Waals surface area (Å²) in [5, 5.41) is 2.92. The summed E-state index contributed by atoms with van der Waals surface area (Å²) in [6, 6.07) is -0.378. The van der Waals surface area contributed by atoms with E-state index in [-0.39, 0.29) is 18.0 Å². The molecule has 7 nitrogen and oxygen atoms in total. The molecule has 120 valence electrons.